The van der Waals surface area contributed by atoms with E-state index in [0.29, 0.717) is 18.1 Å². The smallest absolute Gasteiger partial charge is 0.318 e. The standard InChI is InChI=1S/C15H30N2O/c1-5-12(3)17(13(4)6-2)15(18)16-14-10-8-7-9-11-14/h12-14H,5-11H2,1-4H3,(H,16,18)/t12-,13-/m0/s1. The van der Waals surface area contributed by atoms with Crippen LogP contribution in [0.2, 0.25) is 0 Å². The first kappa shape index (κ1) is 15.3. The van der Waals surface area contributed by atoms with Crippen LogP contribution in [0, 0.1) is 0 Å². The Morgan fingerprint density at radius 3 is 2.06 bits per heavy atom. The van der Waals surface area contributed by atoms with Crippen molar-refractivity contribution in [3.8, 4) is 0 Å². The van der Waals surface area contributed by atoms with Crippen LogP contribution in [0.4, 0.5) is 4.79 Å². The minimum absolute atomic E-state index is 0.144. The molecule has 1 aliphatic rings. The number of carbonyl (C=O) groups is 1. The second-order valence-corrected chi connectivity index (χ2v) is 5.71. The zero-order valence-corrected chi connectivity index (χ0v) is 12.5. The Labute approximate surface area is 112 Å². The summed E-state index contributed by atoms with van der Waals surface area (Å²) in [6.45, 7) is 8.58. The van der Waals surface area contributed by atoms with E-state index in [0.717, 1.165) is 25.7 Å². The first-order chi connectivity index (χ1) is 8.60. The molecule has 1 fully saturated rings. The Hall–Kier alpha value is -0.730. The molecule has 1 N–H and O–H groups in total. The summed E-state index contributed by atoms with van der Waals surface area (Å²) >= 11 is 0. The van der Waals surface area contributed by atoms with Crippen LogP contribution in [0.15, 0.2) is 0 Å². The van der Waals surface area contributed by atoms with Gasteiger partial charge in [0.25, 0.3) is 0 Å². The van der Waals surface area contributed by atoms with Crippen molar-refractivity contribution in [2.75, 3.05) is 0 Å². The van der Waals surface area contributed by atoms with Gasteiger partial charge in [0, 0.05) is 18.1 Å². The Kier molecular flexibility index (Phi) is 6.51. The molecule has 1 rings (SSSR count). The van der Waals surface area contributed by atoms with E-state index in [1.165, 1.54) is 19.3 Å². The molecule has 0 aliphatic heterocycles. The van der Waals surface area contributed by atoms with Gasteiger partial charge in [-0.3, -0.25) is 0 Å². The van der Waals surface area contributed by atoms with Gasteiger partial charge in [-0.1, -0.05) is 33.1 Å². The van der Waals surface area contributed by atoms with E-state index in [9.17, 15) is 4.79 Å². The van der Waals surface area contributed by atoms with E-state index in [2.05, 4.69) is 33.0 Å². The number of hydrogen-bond acceptors (Lipinski definition) is 1. The number of amides is 2. The SMILES string of the molecule is CC[C@H](C)N(C(=O)NC1CCCCC1)[C@@H](C)CC. The lowest BCUT2D eigenvalue weighted by atomic mass is 9.95. The molecule has 1 saturated carbocycles. The molecule has 3 heteroatoms. The normalized spacial score (nSPS) is 20.2. The molecule has 0 bridgehead atoms. The van der Waals surface area contributed by atoms with Crippen LogP contribution in [-0.4, -0.2) is 29.1 Å². The molecule has 1 aliphatic carbocycles. The molecule has 0 heterocycles. The number of nitrogens with zero attached hydrogens (tertiary/aromatic N) is 1. The zero-order chi connectivity index (χ0) is 13.5. The molecule has 18 heavy (non-hydrogen) atoms. The monoisotopic (exact) mass is 254 g/mol. The van der Waals surface area contributed by atoms with Crippen LogP contribution >= 0.6 is 0 Å². The molecule has 0 radical (unpaired) electrons. The summed E-state index contributed by atoms with van der Waals surface area (Å²) in [4.78, 5) is 14.5. The Bertz CT molecular complexity index is 239. The van der Waals surface area contributed by atoms with Gasteiger partial charge in [0.1, 0.15) is 0 Å². The van der Waals surface area contributed by atoms with Crippen molar-refractivity contribution < 1.29 is 4.79 Å². The van der Waals surface area contributed by atoms with Crippen molar-refractivity contribution in [3.05, 3.63) is 0 Å². The van der Waals surface area contributed by atoms with Crippen molar-refractivity contribution in [1.29, 1.82) is 0 Å². The molecule has 0 aromatic heterocycles. The fourth-order valence-corrected chi connectivity index (χ4v) is 2.72. The number of nitrogens with one attached hydrogen (secondary N) is 1. The van der Waals surface area contributed by atoms with Crippen molar-refractivity contribution in [1.82, 2.24) is 10.2 Å². The Morgan fingerprint density at radius 1 is 1.11 bits per heavy atom. The molecule has 0 saturated heterocycles. The molecule has 106 valence electrons. The Balaban J connectivity index is 2.57. The second-order valence-electron chi connectivity index (χ2n) is 5.71. The van der Waals surface area contributed by atoms with Gasteiger partial charge in [0.2, 0.25) is 0 Å². The van der Waals surface area contributed by atoms with Crippen LogP contribution < -0.4 is 5.32 Å². The Morgan fingerprint density at radius 2 is 1.61 bits per heavy atom. The molecule has 0 unspecified atom stereocenters. The van der Waals surface area contributed by atoms with Gasteiger partial charge < -0.3 is 10.2 Å². The van der Waals surface area contributed by atoms with Crippen LogP contribution in [0.3, 0.4) is 0 Å². The quantitative estimate of drug-likeness (QED) is 0.792. The van der Waals surface area contributed by atoms with E-state index < -0.39 is 0 Å². The minimum atomic E-state index is 0.144. The minimum Gasteiger partial charge on any atom is -0.335 e. The summed E-state index contributed by atoms with van der Waals surface area (Å²) in [5.74, 6) is 0. The average Bonchev–Trinajstić information content (AvgIpc) is 2.39. The molecule has 0 spiro atoms. The maximum atomic E-state index is 12.4. The average molecular weight is 254 g/mol. The lowest BCUT2D eigenvalue weighted by molar-refractivity contribution is 0.144. The largest absolute Gasteiger partial charge is 0.335 e. The summed E-state index contributed by atoms with van der Waals surface area (Å²) in [6, 6.07) is 1.19. The lowest BCUT2D eigenvalue weighted by Crippen LogP contribution is -2.52. The number of carbonyl (C=O) groups excluding carboxylic acids is 1. The fourth-order valence-electron chi connectivity index (χ4n) is 2.72. The molecule has 3 nitrogen and oxygen atoms in total. The third-order valence-corrected chi connectivity index (χ3v) is 4.30. The lowest BCUT2D eigenvalue weighted by Gasteiger charge is -2.36. The van der Waals surface area contributed by atoms with E-state index in [-0.39, 0.29) is 6.03 Å². The van der Waals surface area contributed by atoms with E-state index >= 15 is 0 Å². The zero-order valence-electron chi connectivity index (χ0n) is 12.5. The maximum absolute atomic E-state index is 12.4. The molecular weight excluding hydrogens is 224 g/mol. The van der Waals surface area contributed by atoms with Crippen LogP contribution in [0.5, 0.6) is 0 Å². The summed E-state index contributed by atoms with van der Waals surface area (Å²) in [7, 11) is 0. The van der Waals surface area contributed by atoms with Gasteiger partial charge in [-0.05, 0) is 39.5 Å². The van der Waals surface area contributed by atoms with Crippen LogP contribution in [0.1, 0.15) is 72.6 Å². The van der Waals surface area contributed by atoms with Crippen molar-refractivity contribution in [2.45, 2.75) is 90.8 Å². The predicted octanol–water partition coefficient (Wildman–Crippen LogP) is 3.93. The summed E-state index contributed by atoms with van der Waals surface area (Å²) < 4.78 is 0. The first-order valence-electron chi connectivity index (χ1n) is 7.68. The van der Waals surface area contributed by atoms with E-state index in [4.69, 9.17) is 0 Å². The van der Waals surface area contributed by atoms with E-state index in [1.807, 2.05) is 4.90 Å². The number of urea groups is 1. The van der Waals surface area contributed by atoms with Gasteiger partial charge in [-0.25, -0.2) is 4.79 Å². The third-order valence-electron chi connectivity index (χ3n) is 4.30. The molecule has 2 amide bonds. The molecule has 0 aromatic carbocycles. The molecule has 2 atom stereocenters. The summed E-state index contributed by atoms with van der Waals surface area (Å²) in [5, 5.41) is 3.24. The topological polar surface area (TPSA) is 32.3 Å². The first-order valence-corrected chi connectivity index (χ1v) is 7.68. The predicted molar refractivity (Wildman–Crippen MR) is 76.7 cm³/mol. The second kappa shape index (κ2) is 7.65. The van der Waals surface area contributed by atoms with Crippen LogP contribution in [0.25, 0.3) is 0 Å². The highest BCUT2D eigenvalue weighted by Gasteiger charge is 2.25. The van der Waals surface area contributed by atoms with Crippen molar-refractivity contribution in [3.63, 3.8) is 0 Å². The number of hydrogen-bond donors (Lipinski definition) is 1. The highest BCUT2D eigenvalue weighted by Crippen LogP contribution is 2.19. The molecular formula is C15H30N2O. The van der Waals surface area contributed by atoms with Gasteiger partial charge in [-0.15, -0.1) is 0 Å². The highest BCUT2D eigenvalue weighted by atomic mass is 16.2. The fraction of sp³-hybridized carbons (Fsp3) is 0.933. The van der Waals surface area contributed by atoms with Crippen LogP contribution in [-0.2, 0) is 0 Å². The van der Waals surface area contributed by atoms with Gasteiger partial charge in [0.05, 0.1) is 0 Å². The van der Waals surface area contributed by atoms with Gasteiger partial charge >= 0.3 is 6.03 Å². The van der Waals surface area contributed by atoms with Crippen molar-refractivity contribution in [2.24, 2.45) is 0 Å². The number of rotatable bonds is 5. The van der Waals surface area contributed by atoms with Crippen molar-refractivity contribution >= 4 is 6.03 Å². The van der Waals surface area contributed by atoms with Gasteiger partial charge in [0.15, 0.2) is 0 Å². The molecule has 0 aromatic rings. The highest BCUT2D eigenvalue weighted by molar-refractivity contribution is 5.75. The van der Waals surface area contributed by atoms with E-state index in [1.54, 1.807) is 0 Å². The third kappa shape index (κ3) is 4.18. The maximum Gasteiger partial charge on any atom is 0.318 e. The van der Waals surface area contributed by atoms with Gasteiger partial charge in [-0.2, -0.15) is 0 Å². The summed E-state index contributed by atoms with van der Waals surface area (Å²) in [5.41, 5.74) is 0. The summed E-state index contributed by atoms with van der Waals surface area (Å²) in [6.07, 6.45) is 8.19.